The summed E-state index contributed by atoms with van der Waals surface area (Å²) in [5, 5.41) is 0. The molecule has 0 atom stereocenters. The van der Waals surface area contributed by atoms with Gasteiger partial charge in [-0.15, -0.1) is 0 Å². The summed E-state index contributed by atoms with van der Waals surface area (Å²) in [7, 11) is 0. The molecule has 0 aromatic heterocycles. The number of aryl methyl sites for hydroxylation is 4. The topological polar surface area (TPSA) is 9.23 Å². The van der Waals surface area contributed by atoms with Crippen LogP contribution in [-0.4, -0.2) is 13.2 Å². The molecule has 0 saturated carbocycles. The van der Waals surface area contributed by atoms with Gasteiger partial charge in [-0.2, -0.15) is 0 Å². The Morgan fingerprint density at radius 3 is 1.48 bits per heavy atom. The van der Waals surface area contributed by atoms with Crippen LogP contribution in [0.5, 0.6) is 0 Å². The van der Waals surface area contributed by atoms with E-state index in [1.54, 1.807) is 22.3 Å². The van der Waals surface area contributed by atoms with Crippen molar-refractivity contribution in [1.82, 2.24) is 0 Å². The Kier molecular flexibility index (Phi) is 4.93. The molecule has 2 aliphatic rings. The average Bonchev–Trinajstić information content (AvgIpc) is 3.29. The molecular formula is C26H34O. The molecule has 0 aliphatic heterocycles. The predicted octanol–water partition coefficient (Wildman–Crippen LogP) is 5.94. The van der Waals surface area contributed by atoms with E-state index in [1.165, 1.54) is 49.7 Å². The molecule has 0 saturated heterocycles. The van der Waals surface area contributed by atoms with Crippen LogP contribution in [0.25, 0.3) is 0 Å². The van der Waals surface area contributed by atoms with Crippen LogP contribution < -0.4 is 0 Å². The van der Waals surface area contributed by atoms with Crippen LogP contribution in [0.4, 0.5) is 0 Å². The van der Waals surface area contributed by atoms with Gasteiger partial charge in [0.2, 0.25) is 0 Å². The smallest absolute Gasteiger partial charge is 0.0558 e. The van der Waals surface area contributed by atoms with E-state index in [0.29, 0.717) is 0 Å². The summed E-state index contributed by atoms with van der Waals surface area (Å²) in [5.41, 5.74) is 9.13. The van der Waals surface area contributed by atoms with Crippen molar-refractivity contribution in [2.45, 2.75) is 77.0 Å². The van der Waals surface area contributed by atoms with Crippen molar-refractivity contribution in [2.24, 2.45) is 0 Å². The van der Waals surface area contributed by atoms with Crippen molar-refractivity contribution in [3.63, 3.8) is 0 Å². The molecular weight excluding hydrogens is 328 g/mol. The Morgan fingerprint density at radius 2 is 1.04 bits per heavy atom. The minimum absolute atomic E-state index is 0.0473. The molecule has 144 valence electrons. The summed E-state index contributed by atoms with van der Waals surface area (Å²) in [6, 6.07) is 14.2. The van der Waals surface area contributed by atoms with E-state index in [1.807, 2.05) is 0 Å². The second kappa shape index (κ2) is 7.09. The highest BCUT2D eigenvalue weighted by Crippen LogP contribution is 2.32. The van der Waals surface area contributed by atoms with E-state index in [-0.39, 0.29) is 10.8 Å². The van der Waals surface area contributed by atoms with Gasteiger partial charge in [-0.1, -0.05) is 64.1 Å². The maximum absolute atomic E-state index is 6.31. The highest BCUT2D eigenvalue weighted by atomic mass is 16.5. The molecule has 0 bridgehead atoms. The van der Waals surface area contributed by atoms with Crippen molar-refractivity contribution in [2.75, 3.05) is 13.2 Å². The molecule has 0 spiro atoms. The van der Waals surface area contributed by atoms with Crippen LogP contribution in [0.3, 0.4) is 0 Å². The summed E-state index contributed by atoms with van der Waals surface area (Å²) in [4.78, 5) is 0. The highest BCUT2D eigenvalue weighted by Gasteiger charge is 2.27. The van der Waals surface area contributed by atoms with Crippen molar-refractivity contribution < 1.29 is 4.74 Å². The Bertz CT molecular complexity index is 759. The average molecular weight is 363 g/mol. The summed E-state index contributed by atoms with van der Waals surface area (Å²) >= 11 is 0. The zero-order valence-corrected chi connectivity index (χ0v) is 17.5. The first-order valence-corrected chi connectivity index (χ1v) is 10.7. The molecule has 0 amide bonds. The monoisotopic (exact) mass is 362 g/mol. The molecule has 0 unspecified atom stereocenters. The van der Waals surface area contributed by atoms with Gasteiger partial charge in [0.1, 0.15) is 0 Å². The van der Waals surface area contributed by atoms with Crippen LogP contribution in [0.2, 0.25) is 0 Å². The van der Waals surface area contributed by atoms with E-state index in [2.05, 4.69) is 64.1 Å². The van der Waals surface area contributed by atoms with Gasteiger partial charge >= 0.3 is 0 Å². The van der Waals surface area contributed by atoms with Gasteiger partial charge in [0.15, 0.2) is 0 Å². The minimum Gasteiger partial charge on any atom is -0.380 e. The lowest BCUT2D eigenvalue weighted by Crippen LogP contribution is -2.30. The molecule has 27 heavy (non-hydrogen) atoms. The van der Waals surface area contributed by atoms with Crippen molar-refractivity contribution in [3.05, 3.63) is 69.8 Å². The normalized spacial score (nSPS) is 16.4. The minimum atomic E-state index is 0.0473. The van der Waals surface area contributed by atoms with Gasteiger partial charge in [-0.3, -0.25) is 0 Å². The second-order valence-electron chi connectivity index (χ2n) is 9.93. The largest absolute Gasteiger partial charge is 0.380 e. The standard InChI is InChI=1S/C26H34O/c1-25(2,23-13-11-19-7-5-9-21(19)15-23)17-27-18-26(3,4)24-14-12-20-8-6-10-22(20)16-24/h11-16H,5-10,17-18H2,1-4H3. The number of fused-ring (bicyclic) bond motifs is 2. The van der Waals surface area contributed by atoms with Gasteiger partial charge in [0.05, 0.1) is 13.2 Å². The van der Waals surface area contributed by atoms with Crippen molar-refractivity contribution in [3.8, 4) is 0 Å². The molecule has 1 heteroatoms. The highest BCUT2D eigenvalue weighted by molar-refractivity contribution is 5.39. The Labute approximate surface area is 165 Å². The zero-order valence-electron chi connectivity index (χ0n) is 17.5. The van der Waals surface area contributed by atoms with E-state index < -0.39 is 0 Å². The Hall–Kier alpha value is -1.60. The van der Waals surface area contributed by atoms with Gasteiger partial charge in [-0.25, -0.2) is 0 Å². The number of hydrogen-bond acceptors (Lipinski definition) is 1. The van der Waals surface area contributed by atoms with Crippen LogP contribution >= 0.6 is 0 Å². The number of ether oxygens (including phenoxy) is 1. The fraction of sp³-hybridized carbons (Fsp3) is 0.538. The quantitative estimate of drug-likeness (QED) is 0.618. The van der Waals surface area contributed by atoms with Crippen LogP contribution in [0, 0.1) is 0 Å². The molecule has 1 nitrogen and oxygen atoms in total. The number of benzene rings is 2. The van der Waals surface area contributed by atoms with Crippen LogP contribution in [-0.2, 0) is 41.3 Å². The lowest BCUT2D eigenvalue weighted by atomic mass is 9.83. The molecule has 0 fully saturated rings. The molecule has 0 N–H and O–H groups in total. The van der Waals surface area contributed by atoms with E-state index >= 15 is 0 Å². The molecule has 0 heterocycles. The molecule has 2 aromatic carbocycles. The van der Waals surface area contributed by atoms with E-state index in [9.17, 15) is 0 Å². The van der Waals surface area contributed by atoms with E-state index in [4.69, 9.17) is 4.74 Å². The van der Waals surface area contributed by atoms with Crippen LogP contribution in [0.1, 0.15) is 73.9 Å². The third-order valence-corrected chi connectivity index (χ3v) is 6.69. The predicted molar refractivity (Wildman–Crippen MR) is 114 cm³/mol. The molecule has 0 radical (unpaired) electrons. The molecule has 2 aliphatic carbocycles. The maximum Gasteiger partial charge on any atom is 0.0558 e. The SMILES string of the molecule is CC(C)(COCC(C)(C)c1ccc2c(c1)CCC2)c1ccc2c(c1)CCC2. The van der Waals surface area contributed by atoms with Gasteiger partial charge < -0.3 is 4.74 Å². The fourth-order valence-corrected chi connectivity index (χ4v) is 4.71. The van der Waals surface area contributed by atoms with Gasteiger partial charge in [0.25, 0.3) is 0 Å². The third kappa shape index (κ3) is 3.85. The van der Waals surface area contributed by atoms with Crippen LogP contribution in [0.15, 0.2) is 36.4 Å². The molecule has 4 rings (SSSR count). The Morgan fingerprint density at radius 1 is 0.630 bits per heavy atom. The lowest BCUT2D eigenvalue weighted by Gasteiger charge is -2.30. The fourth-order valence-electron chi connectivity index (χ4n) is 4.71. The number of hydrogen-bond donors (Lipinski definition) is 0. The second-order valence-corrected chi connectivity index (χ2v) is 9.93. The van der Waals surface area contributed by atoms with E-state index in [0.717, 1.165) is 13.2 Å². The van der Waals surface area contributed by atoms with Crippen molar-refractivity contribution in [1.29, 1.82) is 0 Å². The third-order valence-electron chi connectivity index (χ3n) is 6.69. The summed E-state index contributed by atoms with van der Waals surface area (Å²) in [6.07, 6.45) is 7.61. The molecule has 2 aromatic rings. The van der Waals surface area contributed by atoms with Gasteiger partial charge in [-0.05, 0) is 71.9 Å². The lowest BCUT2D eigenvalue weighted by molar-refractivity contribution is 0.0633. The first-order valence-electron chi connectivity index (χ1n) is 10.7. The number of rotatable bonds is 6. The summed E-state index contributed by atoms with van der Waals surface area (Å²) < 4.78 is 6.31. The zero-order chi connectivity index (χ0) is 19.1. The Balaban J connectivity index is 1.40. The maximum atomic E-state index is 6.31. The first kappa shape index (κ1) is 18.7. The first-order chi connectivity index (χ1) is 12.9. The summed E-state index contributed by atoms with van der Waals surface area (Å²) in [6.45, 7) is 10.8. The summed E-state index contributed by atoms with van der Waals surface area (Å²) in [5.74, 6) is 0. The van der Waals surface area contributed by atoms with Crippen molar-refractivity contribution >= 4 is 0 Å². The van der Waals surface area contributed by atoms with Gasteiger partial charge in [0, 0.05) is 10.8 Å².